The van der Waals surface area contributed by atoms with Gasteiger partial charge in [-0.1, -0.05) is 42.8 Å². The Balaban J connectivity index is 1.67. The van der Waals surface area contributed by atoms with Crippen LogP contribution in [0.25, 0.3) is 0 Å². The number of benzene rings is 2. The molecule has 0 aromatic heterocycles. The summed E-state index contributed by atoms with van der Waals surface area (Å²) < 4.78 is 0. The summed E-state index contributed by atoms with van der Waals surface area (Å²) in [6.07, 6.45) is 2.15. The average Bonchev–Trinajstić information content (AvgIpc) is 2.81. The number of carbonyl (C=O) groups excluding carboxylic acids is 3. The summed E-state index contributed by atoms with van der Waals surface area (Å²) >= 11 is 0. The lowest BCUT2D eigenvalue weighted by Crippen LogP contribution is -2.54. The summed E-state index contributed by atoms with van der Waals surface area (Å²) in [4.78, 5) is 40.2. The number of aryl methyl sites for hydroxylation is 1. The maximum atomic E-state index is 12.9. The zero-order chi connectivity index (χ0) is 22.2. The van der Waals surface area contributed by atoms with Gasteiger partial charge in [0.15, 0.2) is 0 Å². The fourth-order valence-electron chi connectivity index (χ4n) is 3.97. The Morgan fingerprint density at radius 1 is 1.00 bits per heavy atom. The van der Waals surface area contributed by atoms with Crippen LogP contribution in [0, 0.1) is 12.8 Å². The first-order valence-corrected chi connectivity index (χ1v) is 11.0. The van der Waals surface area contributed by atoms with Crippen molar-refractivity contribution < 1.29 is 14.4 Å². The molecular formula is C25H31N3O3. The summed E-state index contributed by atoms with van der Waals surface area (Å²) in [6, 6.07) is 16.0. The van der Waals surface area contributed by atoms with E-state index in [4.69, 9.17) is 0 Å². The monoisotopic (exact) mass is 421 g/mol. The number of carbonyl (C=O) groups is 3. The van der Waals surface area contributed by atoms with Crippen LogP contribution in [-0.4, -0.2) is 48.3 Å². The molecular weight excluding hydrogens is 390 g/mol. The summed E-state index contributed by atoms with van der Waals surface area (Å²) in [7, 11) is 0. The Kier molecular flexibility index (Phi) is 7.82. The van der Waals surface area contributed by atoms with Crippen LogP contribution in [0.3, 0.4) is 0 Å². The van der Waals surface area contributed by atoms with Crippen LogP contribution in [0.1, 0.15) is 52.5 Å². The third kappa shape index (κ3) is 5.94. The van der Waals surface area contributed by atoms with Crippen molar-refractivity contribution >= 4 is 17.7 Å². The number of likely N-dealkylation sites (tertiary alicyclic amines) is 1. The van der Waals surface area contributed by atoms with Crippen molar-refractivity contribution in [2.24, 2.45) is 5.92 Å². The van der Waals surface area contributed by atoms with Crippen molar-refractivity contribution in [1.82, 2.24) is 15.5 Å². The highest BCUT2D eigenvalue weighted by Crippen LogP contribution is 2.23. The van der Waals surface area contributed by atoms with Crippen LogP contribution in [0.5, 0.6) is 0 Å². The molecule has 2 N–H and O–H groups in total. The predicted octanol–water partition coefficient (Wildman–Crippen LogP) is 3.17. The molecule has 0 saturated carbocycles. The van der Waals surface area contributed by atoms with Gasteiger partial charge in [0, 0.05) is 30.8 Å². The van der Waals surface area contributed by atoms with Crippen molar-refractivity contribution in [1.29, 1.82) is 0 Å². The van der Waals surface area contributed by atoms with E-state index in [-0.39, 0.29) is 23.6 Å². The second kappa shape index (κ2) is 10.8. The minimum Gasteiger partial charge on any atom is -0.354 e. The zero-order valence-corrected chi connectivity index (χ0v) is 18.3. The molecule has 3 rings (SSSR count). The zero-order valence-electron chi connectivity index (χ0n) is 18.3. The van der Waals surface area contributed by atoms with Gasteiger partial charge in [-0.2, -0.15) is 0 Å². The van der Waals surface area contributed by atoms with Gasteiger partial charge in [-0.05, 0) is 56.4 Å². The normalized spacial score (nSPS) is 15.2. The first kappa shape index (κ1) is 22.5. The molecule has 164 valence electrons. The van der Waals surface area contributed by atoms with Gasteiger partial charge in [-0.3, -0.25) is 14.4 Å². The number of nitrogens with one attached hydrogen (secondary N) is 2. The quantitative estimate of drug-likeness (QED) is 0.721. The van der Waals surface area contributed by atoms with Gasteiger partial charge in [-0.25, -0.2) is 0 Å². The molecule has 1 fully saturated rings. The molecule has 0 radical (unpaired) electrons. The van der Waals surface area contributed by atoms with Crippen LogP contribution in [0.4, 0.5) is 0 Å². The Morgan fingerprint density at radius 3 is 2.32 bits per heavy atom. The third-order valence-electron chi connectivity index (χ3n) is 5.72. The van der Waals surface area contributed by atoms with E-state index in [9.17, 15) is 14.4 Å². The highest BCUT2D eigenvalue weighted by atomic mass is 16.2. The molecule has 1 saturated heterocycles. The second-order valence-corrected chi connectivity index (χ2v) is 8.11. The van der Waals surface area contributed by atoms with Gasteiger partial charge < -0.3 is 15.5 Å². The molecule has 0 unspecified atom stereocenters. The first-order chi connectivity index (χ1) is 15.0. The maximum Gasteiger partial charge on any atom is 0.253 e. The fraction of sp³-hybridized carbons (Fsp3) is 0.400. The van der Waals surface area contributed by atoms with E-state index in [1.165, 1.54) is 0 Å². The predicted molar refractivity (Wildman–Crippen MR) is 121 cm³/mol. The lowest BCUT2D eigenvalue weighted by atomic mass is 9.88. The number of rotatable bonds is 7. The SMILES string of the molecule is CCCNC(=O)[C@H](NC(=O)c1cccc(C)c1)C1CCN(C(=O)c2ccccc2)CC1. The van der Waals surface area contributed by atoms with Gasteiger partial charge in [0.1, 0.15) is 6.04 Å². The van der Waals surface area contributed by atoms with Crippen LogP contribution in [-0.2, 0) is 4.79 Å². The highest BCUT2D eigenvalue weighted by Gasteiger charge is 2.34. The van der Waals surface area contributed by atoms with E-state index in [0.717, 1.165) is 12.0 Å². The lowest BCUT2D eigenvalue weighted by Gasteiger charge is -2.36. The van der Waals surface area contributed by atoms with Crippen LogP contribution < -0.4 is 10.6 Å². The van der Waals surface area contributed by atoms with Crippen molar-refractivity contribution in [3.8, 4) is 0 Å². The van der Waals surface area contributed by atoms with Gasteiger partial charge in [0.25, 0.3) is 11.8 Å². The Hall–Kier alpha value is -3.15. The smallest absolute Gasteiger partial charge is 0.253 e. The molecule has 2 aromatic rings. The fourth-order valence-corrected chi connectivity index (χ4v) is 3.97. The molecule has 0 spiro atoms. The minimum absolute atomic E-state index is 0.00910. The molecule has 3 amide bonds. The number of hydrogen-bond acceptors (Lipinski definition) is 3. The maximum absolute atomic E-state index is 12.9. The molecule has 0 aliphatic carbocycles. The van der Waals surface area contributed by atoms with Crippen molar-refractivity contribution in [2.75, 3.05) is 19.6 Å². The van der Waals surface area contributed by atoms with E-state index >= 15 is 0 Å². The van der Waals surface area contributed by atoms with Gasteiger partial charge in [-0.15, -0.1) is 0 Å². The molecule has 6 heteroatoms. The Labute approximate surface area is 184 Å². The topological polar surface area (TPSA) is 78.5 Å². The average molecular weight is 422 g/mol. The molecule has 1 atom stereocenters. The molecule has 1 aliphatic heterocycles. The standard InChI is InChI=1S/C25H31N3O3/c1-3-14-26-24(30)22(27-23(29)21-11-7-8-18(2)17-21)19-12-15-28(16-13-19)25(31)20-9-5-4-6-10-20/h4-11,17,19,22H,3,12-16H2,1-2H3,(H,26,30)(H,27,29)/t22-/m1/s1. The van der Waals surface area contributed by atoms with E-state index in [1.54, 1.807) is 6.07 Å². The molecule has 2 aromatic carbocycles. The third-order valence-corrected chi connectivity index (χ3v) is 5.72. The molecule has 31 heavy (non-hydrogen) atoms. The number of nitrogens with zero attached hydrogens (tertiary/aromatic N) is 1. The van der Waals surface area contributed by atoms with Crippen molar-refractivity contribution in [2.45, 2.75) is 39.2 Å². The summed E-state index contributed by atoms with van der Waals surface area (Å²) in [5, 5.41) is 5.88. The lowest BCUT2D eigenvalue weighted by molar-refractivity contribution is -0.124. The van der Waals surface area contributed by atoms with Gasteiger partial charge in [0.2, 0.25) is 5.91 Å². The van der Waals surface area contributed by atoms with Crippen molar-refractivity contribution in [3.05, 3.63) is 71.3 Å². The van der Waals surface area contributed by atoms with E-state index < -0.39 is 6.04 Å². The summed E-state index contributed by atoms with van der Waals surface area (Å²) in [5.74, 6) is -0.418. The highest BCUT2D eigenvalue weighted by molar-refractivity contribution is 5.98. The minimum atomic E-state index is -0.617. The summed E-state index contributed by atoms with van der Waals surface area (Å²) in [6.45, 7) is 5.63. The van der Waals surface area contributed by atoms with E-state index in [2.05, 4.69) is 10.6 Å². The second-order valence-electron chi connectivity index (χ2n) is 8.11. The Morgan fingerprint density at radius 2 is 1.68 bits per heavy atom. The molecule has 6 nitrogen and oxygen atoms in total. The Bertz CT molecular complexity index is 905. The van der Waals surface area contributed by atoms with Gasteiger partial charge in [0.05, 0.1) is 0 Å². The molecule has 0 bridgehead atoms. The van der Waals surface area contributed by atoms with Gasteiger partial charge >= 0.3 is 0 Å². The number of amides is 3. The summed E-state index contributed by atoms with van der Waals surface area (Å²) in [5.41, 5.74) is 2.21. The first-order valence-electron chi connectivity index (χ1n) is 11.0. The van der Waals surface area contributed by atoms with Crippen LogP contribution in [0.15, 0.2) is 54.6 Å². The van der Waals surface area contributed by atoms with E-state index in [1.807, 2.05) is 67.3 Å². The largest absolute Gasteiger partial charge is 0.354 e. The van der Waals surface area contributed by atoms with Crippen molar-refractivity contribution in [3.63, 3.8) is 0 Å². The number of hydrogen-bond donors (Lipinski definition) is 2. The van der Waals surface area contributed by atoms with Crippen LogP contribution in [0.2, 0.25) is 0 Å². The van der Waals surface area contributed by atoms with E-state index in [0.29, 0.717) is 43.6 Å². The van der Waals surface area contributed by atoms with Crippen LogP contribution >= 0.6 is 0 Å². The molecule has 1 heterocycles. The molecule has 1 aliphatic rings. The number of piperidine rings is 1.